The van der Waals surface area contributed by atoms with Crippen LogP contribution in [0.1, 0.15) is 23.6 Å². The van der Waals surface area contributed by atoms with E-state index >= 15 is 0 Å². The van der Waals surface area contributed by atoms with E-state index in [1.165, 1.54) is 23.3 Å². The van der Waals surface area contributed by atoms with Crippen molar-refractivity contribution in [1.82, 2.24) is 20.2 Å². The zero-order valence-electron chi connectivity index (χ0n) is 19.4. The van der Waals surface area contributed by atoms with E-state index in [0.717, 1.165) is 43.3 Å². The van der Waals surface area contributed by atoms with Crippen LogP contribution in [0.25, 0.3) is 5.70 Å². The Balaban J connectivity index is 1.40. The van der Waals surface area contributed by atoms with Crippen LogP contribution in [0.3, 0.4) is 0 Å². The molecule has 1 atom stereocenters. The zero-order chi connectivity index (χ0) is 23.4. The average Bonchev–Trinajstić information content (AvgIpc) is 2.81. The molecular formula is C26H30FN5O. The fourth-order valence-corrected chi connectivity index (χ4v) is 3.88. The van der Waals surface area contributed by atoms with Crippen LogP contribution in [0.15, 0.2) is 61.4 Å². The third-order valence-corrected chi connectivity index (χ3v) is 5.91. The number of anilines is 1. The van der Waals surface area contributed by atoms with Gasteiger partial charge in [-0.05, 0) is 61.4 Å². The van der Waals surface area contributed by atoms with Crippen molar-refractivity contribution in [2.45, 2.75) is 26.4 Å². The third kappa shape index (κ3) is 5.74. The van der Waals surface area contributed by atoms with Crippen LogP contribution in [-0.4, -0.2) is 47.6 Å². The van der Waals surface area contributed by atoms with E-state index in [9.17, 15) is 4.39 Å². The Kier molecular flexibility index (Phi) is 7.01. The second kappa shape index (κ2) is 10.1. The number of piperazine rings is 1. The third-order valence-electron chi connectivity index (χ3n) is 5.91. The molecular weight excluding hydrogens is 417 g/mol. The van der Waals surface area contributed by atoms with Gasteiger partial charge in [-0.2, -0.15) is 0 Å². The summed E-state index contributed by atoms with van der Waals surface area (Å²) in [5.41, 5.74) is 4.11. The van der Waals surface area contributed by atoms with Crippen LogP contribution in [0.2, 0.25) is 0 Å². The summed E-state index contributed by atoms with van der Waals surface area (Å²) < 4.78 is 18.7. The first kappa shape index (κ1) is 22.9. The summed E-state index contributed by atoms with van der Waals surface area (Å²) >= 11 is 0. The van der Waals surface area contributed by atoms with Crippen molar-refractivity contribution in [2.75, 3.05) is 31.6 Å². The van der Waals surface area contributed by atoms with E-state index < -0.39 is 0 Å². The lowest BCUT2D eigenvalue weighted by molar-refractivity contribution is 0.199. The van der Waals surface area contributed by atoms with Crippen molar-refractivity contribution in [2.24, 2.45) is 0 Å². The molecule has 3 aromatic rings. The molecule has 6 nitrogen and oxygen atoms in total. The van der Waals surface area contributed by atoms with Gasteiger partial charge in [0.25, 0.3) is 0 Å². The maximum atomic E-state index is 13.1. The fraction of sp³-hybridized carbons (Fsp3) is 0.308. The predicted octanol–water partition coefficient (Wildman–Crippen LogP) is 4.62. The summed E-state index contributed by atoms with van der Waals surface area (Å²) in [6.45, 7) is 12.6. The van der Waals surface area contributed by atoms with Crippen molar-refractivity contribution in [1.29, 1.82) is 0 Å². The van der Waals surface area contributed by atoms with Crippen LogP contribution >= 0.6 is 0 Å². The number of aryl methyl sites for hydroxylation is 1. The molecule has 0 bridgehead atoms. The lowest BCUT2D eigenvalue weighted by Crippen LogP contribution is -2.48. The SMILES string of the molecule is C=C(c1ccc(Oc2ccc(F)cc2)nc1)N(C)c1cc(C)c(CN2CCN[C@@H](C)C2)cn1. The Labute approximate surface area is 194 Å². The van der Waals surface area contributed by atoms with E-state index in [-0.39, 0.29) is 5.82 Å². The number of pyridine rings is 2. The maximum absolute atomic E-state index is 13.1. The van der Waals surface area contributed by atoms with Gasteiger partial charge in [-0.3, -0.25) is 4.90 Å². The Bertz CT molecular complexity index is 1100. The Morgan fingerprint density at radius 2 is 2.00 bits per heavy atom. The number of nitrogens with zero attached hydrogens (tertiary/aromatic N) is 4. The van der Waals surface area contributed by atoms with Gasteiger partial charge in [0.05, 0.1) is 0 Å². The Morgan fingerprint density at radius 1 is 1.21 bits per heavy atom. The Hall–Kier alpha value is -3.29. The predicted molar refractivity (Wildman–Crippen MR) is 130 cm³/mol. The standard InChI is InChI=1S/C26H30FN5O/c1-18-13-25(29-15-22(18)17-32-12-11-28-19(2)16-32)31(4)20(3)21-5-10-26(30-14-21)33-24-8-6-23(27)7-9-24/h5-10,13-15,19,28H,3,11-12,16-17H2,1-2,4H3/t19-/m0/s1. The van der Waals surface area contributed by atoms with Crippen molar-refractivity contribution in [3.05, 3.63) is 83.9 Å². The molecule has 1 aliphatic rings. The topological polar surface area (TPSA) is 53.5 Å². The van der Waals surface area contributed by atoms with E-state index in [1.807, 2.05) is 24.2 Å². The van der Waals surface area contributed by atoms with Crippen LogP contribution < -0.4 is 15.0 Å². The van der Waals surface area contributed by atoms with Gasteiger partial charge in [0.2, 0.25) is 5.88 Å². The molecule has 33 heavy (non-hydrogen) atoms. The first-order valence-electron chi connectivity index (χ1n) is 11.1. The molecule has 1 fully saturated rings. The molecule has 0 amide bonds. The average molecular weight is 448 g/mol. The first-order chi connectivity index (χ1) is 15.9. The first-order valence-corrected chi connectivity index (χ1v) is 11.1. The zero-order valence-corrected chi connectivity index (χ0v) is 19.4. The van der Waals surface area contributed by atoms with E-state index in [1.54, 1.807) is 24.4 Å². The lowest BCUT2D eigenvalue weighted by atomic mass is 10.1. The lowest BCUT2D eigenvalue weighted by Gasteiger charge is -2.32. The Morgan fingerprint density at radius 3 is 2.67 bits per heavy atom. The molecule has 172 valence electrons. The summed E-state index contributed by atoms with van der Waals surface area (Å²) in [6, 6.07) is 12.1. The molecule has 3 heterocycles. The van der Waals surface area contributed by atoms with Crippen molar-refractivity contribution >= 4 is 11.5 Å². The molecule has 2 aromatic heterocycles. The van der Waals surface area contributed by atoms with Crippen molar-refractivity contribution < 1.29 is 9.13 Å². The van der Waals surface area contributed by atoms with Gasteiger partial charge in [-0.1, -0.05) is 6.58 Å². The van der Waals surface area contributed by atoms with E-state index in [0.29, 0.717) is 17.7 Å². The highest BCUT2D eigenvalue weighted by Crippen LogP contribution is 2.26. The molecule has 0 radical (unpaired) electrons. The summed E-state index contributed by atoms with van der Waals surface area (Å²) in [6.07, 6.45) is 3.68. The van der Waals surface area contributed by atoms with Gasteiger partial charge >= 0.3 is 0 Å². The van der Waals surface area contributed by atoms with Crippen LogP contribution in [-0.2, 0) is 6.54 Å². The van der Waals surface area contributed by atoms with Gasteiger partial charge in [-0.15, -0.1) is 0 Å². The molecule has 1 aromatic carbocycles. The van der Waals surface area contributed by atoms with Gasteiger partial charge in [0, 0.05) is 69.0 Å². The molecule has 1 aliphatic heterocycles. The number of ether oxygens (including phenoxy) is 1. The van der Waals surface area contributed by atoms with Crippen LogP contribution in [0.5, 0.6) is 11.6 Å². The van der Waals surface area contributed by atoms with Crippen LogP contribution in [0, 0.1) is 12.7 Å². The quantitative estimate of drug-likeness (QED) is 0.571. The van der Waals surface area contributed by atoms with E-state index in [2.05, 4.69) is 41.7 Å². The highest BCUT2D eigenvalue weighted by Gasteiger charge is 2.17. The molecule has 1 N–H and O–H groups in total. The molecule has 0 unspecified atom stereocenters. The number of rotatable bonds is 7. The van der Waals surface area contributed by atoms with Crippen LogP contribution in [0.4, 0.5) is 10.2 Å². The van der Waals surface area contributed by atoms with Crippen molar-refractivity contribution in [3.63, 3.8) is 0 Å². The van der Waals surface area contributed by atoms with E-state index in [4.69, 9.17) is 9.72 Å². The van der Waals surface area contributed by atoms with Gasteiger partial charge in [0.1, 0.15) is 17.4 Å². The molecule has 1 saturated heterocycles. The number of hydrogen-bond acceptors (Lipinski definition) is 6. The maximum Gasteiger partial charge on any atom is 0.219 e. The molecule has 4 rings (SSSR count). The number of benzene rings is 1. The highest BCUT2D eigenvalue weighted by molar-refractivity contribution is 5.75. The smallest absolute Gasteiger partial charge is 0.219 e. The largest absolute Gasteiger partial charge is 0.439 e. The monoisotopic (exact) mass is 447 g/mol. The minimum atomic E-state index is -0.305. The minimum Gasteiger partial charge on any atom is -0.439 e. The highest BCUT2D eigenvalue weighted by atomic mass is 19.1. The number of halogens is 1. The fourth-order valence-electron chi connectivity index (χ4n) is 3.88. The second-order valence-electron chi connectivity index (χ2n) is 8.51. The molecule has 0 aliphatic carbocycles. The summed E-state index contributed by atoms with van der Waals surface area (Å²) in [7, 11) is 1.95. The summed E-state index contributed by atoms with van der Waals surface area (Å²) in [5, 5.41) is 3.48. The molecule has 0 saturated carbocycles. The van der Waals surface area contributed by atoms with Gasteiger partial charge in [0.15, 0.2) is 0 Å². The minimum absolute atomic E-state index is 0.305. The van der Waals surface area contributed by atoms with Gasteiger partial charge < -0.3 is 15.0 Å². The van der Waals surface area contributed by atoms with Gasteiger partial charge in [-0.25, -0.2) is 14.4 Å². The number of aromatic nitrogens is 2. The normalized spacial score (nSPS) is 16.4. The molecule has 7 heteroatoms. The number of hydrogen-bond donors (Lipinski definition) is 1. The second-order valence-corrected chi connectivity index (χ2v) is 8.51. The summed E-state index contributed by atoms with van der Waals surface area (Å²) in [4.78, 5) is 13.5. The summed E-state index contributed by atoms with van der Waals surface area (Å²) in [5.74, 6) is 1.49. The molecule has 0 spiro atoms. The number of nitrogens with one attached hydrogen (secondary N) is 1. The van der Waals surface area contributed by atoms with Crippen molar-refractivity contribution in [3.8, 4) is 11.6 Å².